The Morgan fingerprint density at radius 1 is 0.667 bits per heavy atom. The Hall–Kier alpha value is -0.0400. The molecule has 0 bridgehead atoms. The van der Waals surface area contributed by atoms with E-state index in [0.29, 0.717) is 6.10 Å². The summed E-state index contributed by atoms with van der Waals surface area (Å²) in [6.45, 7) is 5.77. The lowest BCUT2D eigenvalue weighted by molar-refractivity contribution is -0.0415. The molecule has 1 saturated heterocycles. The minimum Gasteiger partial charge on any atom is -0.378 e. The van der Waals surface area contributed by atoms with E-state index in [2.05, 4.69) is 13.8 Å². The van der Waals surface area contributed by atoms with Gasteiger partial charge in [-0.05, 0) is 87.4 Å². The standard InChI is InChI=1S/C20H36O/c1-3-20-13-12-19(14-21-20)18-10-8-17(9-11-18)16-6-4-15(2)5-7-16/h15-20H,3-14H2,1-2H3. The largest absolute Gasteiger partial charge is 0.378 e. The Morgan fingerprint density at radius 3 is 1.62 bits per heavy atom. The van der Waals surface area contributed by atoms with E-state index in [1.165, 1.54) is 70.6 Å². The third kappa shape index (κ3) is 4.03. The fraction of sp³-hybridized carbons (Fsp3) is 1.00. The first-order valence-electron chi connectivity index (χ1n) is 9.87. The highest BCUT2D eigenvalue weighted by Gasteiger charge is 2.34. The molecule has 0 aromatic rings. The zero-order valence-electron chi connectivity index (χ0n) is 14.4. The zero-order valence-corrected chi connectivity index (χ0v) is 14.4. The Balaban J connectivity index is 1.41. The number of hydrogen-bond acceptors (Lipinski definition) is 1. The summed E-state index contributed by atoms with van der Waals surface area (Å²) in [6, 6.07) is 0. The van der Waals surface area contributed by atoms with Crippen LogP contribution in [-0.2, 0) is 4.74 Å². The summed E-state index contributed by atoms with van der Waals surface area (Å²) in [5, 5.41) is 0. The van der Waals surface area contributed by atoms with Gasteiger partial charge in [-0.15, -0.1) is 0 Å². The Labute approximate surface area is 132 Å². The maximum atomic E-state index is 6.05. The van der Waals surface area contributed by atoms with E-state index in [1.807, 2.05) is 0 Å². The predicted molar refractivity (Wildman–Crippen MR) is 89.3 cm³/mol. The van der Waals surface area contributed by atoms with Crippen molar-refractivity contribution in [1.29, 1.82) is 0 Å². The molecule has 3 rings (SSSR count). The van der Waals surface area contributed by atoms with E-state index in [-0.39, 0.29) is 0 Å². The molecule has 0 amide bonds. The molecule has 0 N–H and O–H groups in total. The number of ether oxygens (including phenoxy) is 1. The number of hydrogen-bond donors (Lipinski definition) is 0. The molecule has 1 heterocycles. The summed E-state index contributed by atoms with van der Waals surface area (Å²) in [7, 11) is 0. The van der Waals surface area contributed by atoms with Crippen molar-refractivity contribution in [2.24, 2.45) is 29.6 Å². The summed E-state index contributed by atoms with van der Waals surface area (Å²) in [6.07, 6.45) is 16.6. The van der Waals surface area contributed by atoms with Crippen LogP contribution < -0.4 is 0 Å². The minimum absolute atomic E-state index is 0.571. The van der Waals surface area contributed by atoms with Crippen molar-refractivity contribution in [2.75, 3.05) is 6.61 Å². The molecule has 1 nitrogen and oxygen atoms in total. The normalized spacial score (nSPS) is 45.4. The van der Waals surface area contributed by atoms with Crippen LogP contribution in [0.1, 0.15) is 84.5 Å². The average Bonchev–Trinajstić information content (AvgIpc) is 2.56. The summed E-state index contributed by atoms with van der Waals surface area (Å²) < 4.78 is 6.05. The van der Waals surface area contributed by atoms with Gasteiger partial charge < -0.3 is 4.74 Å². The molecule has 1 aliphatic heterocycles. The van der Waals surface area contributed by atoms with Crippen LogP contribution in [0.15, 0.2) is 0 Å². The van der Waals surface area contributed by atoms with Crippen molar-refractivity contribution in [3.05, 3.63) is 0 Å². The molecule has 0 radical (unpaired) electrons. The third-order valence-corrected chi connectivity index (χ3v) is 7.07. The molecule has 0 aromatic heterocycles. The topological polar surface area (TPSA) is 9.23 Å². The minimum atomic E-state index is 0.571. The summed E-state index contributed by atoms with van der Waals surface area (Å²) in [4.78, 5) is 0. The van der Waals surface area contributed by atoms with Crippen LogP contribution in [0.2, 0.25) is 0 Å². The Bertz CT molecular complexity index is 289. The molecule has 0 aromatic carbocycles. The van der Waals surface area contributed by atoms with Crippen molar-refractivity contribution in [2.45, 2.75) is 90.6 Å². The Kier molecular flexibility index (Phi) is 5.65. The summed E-state index contributed by atoms with van der Waals surface area (Å²) >= 11 is 0. The van der Waals surface area contributed by atoms with Crippen LogP contribution >= 0.6 is 0 Å². The SMILES string of the molecule is CCC1CCC(C2CCC(C3CCC(C)CC3)CC2)CO1. The third-order valence-electron chi connectivity index (χ3n) is 7.07. The van der Waals surface area contributed by atoms with Crippen LogP contribution in [0.4, 0.5) is 0 Å². The van der Waals surface area contributed by atoms with Crippen LogP contribution in [0.25, 0.3) is 0 Å². The second-order valence-electron chi connectivity index (χ2n) is 8.40. The summed E-state index contributed by atoms with van der Waals surface area (Å²) in [5.41, 5.74) is 0. The van der Waals surface area contributed by atoms with Crippen molar-refractivity contribution in [1.82, 2.24) is 0 Å². The van der Waals surface area contributed by atoms with Gasteiger partial charge in [-0.1, -0.05) is 26.7 Å². The van der Waals surface area contributed by atoms with Gasteiger partial charge in [0.15, 0.2) is 0 Å². The molecular formula is C20H36O. The second kappa shape index (κ2) is 7.49. The van der Waals surface area contributed by atoms with Gasteiger partial charge in [0, 0.05) is 0 Å². The van der Waals surface area contributed by atoms with E-state index in [1.54, 1.807) is 0 Å². The first kappa shape index (κ1) is 15.8. The van der Waals surface area contributed by atoms with Crippen LogP contribution in [0.5, 0.6) is 0 Å². The van der Waals surface area contributed by atoms with Gasteiger partial charge in [0.1, 0.15) is 0 Å². The molecule has 3 fully saturated rings. The highest BCUT2D eigenvalue weighted by atomic mass is 16.5. The number of rotatable bonds is 3. The fourth-order valence-corrected chi connectivity index (χ4v) is 5.37. The molecule has 0 spiro atoms. The van der Waals surface area contributed by atoms with Crippen molar-refractivity contribution < 1.29 is 4.74 Å². The molecule has 2 aliphatic carbocycles. The monoisotopic (exact) mass is 292 g/mol. The lowest BCUT2D eigenvalue weighted by atomic mass is 9.67. The highest BCUT2D eigenvalue weighted by molar-refractivity contribution is 4.84. The molecule has 2 saturated carbocycles. The molecular weight excluding hydrogens is 256 g/mol. The van der Waals surface area contributed by atoms with Gasteiger partial charge >= 0.3 is 0 Å². The van der Waals surface area contributed by atoms with Crippen molar-refractivity contribution >= 4 is 0 Å². The molecule has 3 aliphatic rings. The molecule has 1 heteroatoms. The molecule has 2 atom stereocenters. The van der Waals surface area contributed by atoms with Gasteiger partial charge in [0.25, 0.3) is 0 Å². The lowest BCUT2D eigenvalue weighted by Gasteiger charge is -2.41. The fourth-order valence-electron chi connectivity index (χ4n) is 5.37. The van der Waals surface area contributed by atoms with Gasteiger partial charge in [-0.3, -0.25) is 0 Å². The van der Waals surface area contributed by atoms with Crippen LogP contribution in [-0.4, -0.2) is 12.7 Å². The van der Waals surface area contributed by atoms with Crippen LogP contribution in [0.3, 0.4) is 0 Å². The molecule has 122 valence electrons. The quantitative estimate of drug-likeness (QED) is 0.636. The zero-order chi connectivity index (χ0) is 14.7. The predicted octanol–water partition coefficient (Wildman–Crippen LogP) is 5.82. The average molecular weight is 293 g/mol. The van der Waals surface area contributed by atoms with E-state index < -0.39 is 0 Å². The van der Waals surface area contributed by atoms with E-state index in [4.69, 9.17) is 4.74 Å². The summed E-state index contributed by atoms with van der Waals surface area (Å²) in [5.74, 6) is 5.03. The van der Waals surface area contributed by atoms with Crippen molar-refractivity contribution in [3.63, 3.8) is 0 Å². The molecule has 21 heavy (non-hydrogen) atoms. The van der Waals surface area contributed by atoms with E-state index in [0.717, 1.165) is 36.2 Å². The van der Waals surface area contributed by atoms with Gasteiger partial charge in [0.05, 0.1) is 12.7 Å². The first-order valence-corrected chi connectivity index (χ1v) is 9.87. The first-order chi connectivity index (χ1) is 10.3. The van der Waals surface area contributed by atoms with Gasteiger partial charge in [-0.25, -0.2) is 0 Å². The smallest absolute Gasteiger partial charge is 0.0572 e. The maximum Gasteiger partial charge on any atom is 0.0572 e. The van der Waals surface area contributed by atoms with Crippen molar-refractivity contribution in [3.8, 4) is 0 Å². The molecule has 2 unspecified atom stereocenters. The van der Waals surface area contributed by atoms with Gasteiger partial charge in [0.2, 0.25) is 0 Å². The lowest BCUT2D eigenvalue weighted by Crippen LogP contribution is -2.33. The Morgan fingerprint density at radius 2 is 1.14 bits per heavy atom. The van der Waals surface area contributed by atoms with Gasteiger partial charge in [-0.2, -0.15) is 0 Å². The van der Waals surface area contributed by atoms with E-state index >= 15 is 0 Å². The second-order valence-corrected chi connectivity index (χ2v) is 8.40. The van der Waals surface area contributed by atoms with E-state index in [9.17, 15) is 0 Å². The highest BCUT2D eigenvalue weighted by Crippen LogP contribution is 2.44. The van der Waals surface area contributed by atoms with Crippen LogP contribution in [0, 0.1) is 29.6 Å². The maximum absolute atomic E-state index is 6.05.